The van der Waals surface area contributed by atoms with E-state index in [4.69, 9.17) is 0 Å². The molecule has 20 heavy (non-hydrogen) atoms. The number of benzene rings is 1. The molecule has 5 heteroatoms. The van der Waals surface area contributed by atoms with E-state index >= 15 is 0 Å². The van der Waals surface area contributed by atoms with E-state index in [1.54, 1.807) is 14.1 Å². The summed E-state index contributed by atoms with van der Waals surface area (Å²) in [5, 5.41) is 3.33. The fourth-order valence-electron chi connectivity index (χ4n) is 2.03. The molecule has 0 fully saturated rings. The lowest BCUT2D eigenvalue weighted by Crippen LogP contribution is -2.32. The molecule has 0 aliphatic heterocycles. The minimum Gasteiger partial charge on any atom is -0.309 e. The van der Waals surface area contributed by atoms with Gasteiger partial charge in [-0.3, -0.25) is 0 Å². The van der Waals surface area contributed by atoms with Gasteiger partial charge in [0.1, 0.15) is 0 Å². The highest BCUT2D eigenvalue weighted by Gasteiger charge is 2.15. The number of rotatable bonds is 8. The summed E-state index contributed by atoms with van der Waals surface area (Å²) < 4.78 is 24.7. The Morgan fingerprint density at radius 2 is 1.75 bits per heavy atom. The summed E-state index contributed by atoms with van der Waals surface area (Å²) in [5.74, 6) is 0.129. The molecule has 0 heterocycles. The Labute approximate surface area is 123 Å². The SMILES string of the molecule is CCc1ccc(C(CC)NCCS(=O)(=O)N(C)C)cc1. The van der Waals surface area contributed by atoms with Crippen LogP contribution >= 0.6 is 0 Å². The van der Waals surface area contributed by atoms with E-state index in [0.29, 0.717) is 6.54 Å². The average Bonchev–Trinajstić information content (AvgIpc) is 2.43. The van der Waals surface area contributed by atoms with Crippen LogP contribution in [0.4, 0.5) is 0 Å². The maximum Gasteiger partial charge on any atom is 0.214 e. The predicted molar refractivity (Wildman–Crippen MR) is 84.3 cm³/mol. The molecule has 1 atom stereocenters. The molecule has 1 aromatic rings. The van der Waals surface area contributed by atoms with E-state index < -0.39 is 10.0 Å². The van der Waals surface area contributed by atoms with E-state index in [9.17, 15) is 8.42 Å². The summed E-state index contributed by atoms with van der Waals surface area (Å²) in [6, 6.07) is 8.73. The van der Waals surface area contributed by atoms with E-state index in [-0.39, 0.29) is 11.8 Å². The first-order valence-corrected chi connectivity index (χ1v) is 8.74. The first-order chi connectivity index (χ1) is 9.40. The Hall–Kier alpha value is -0.910. The standard InChI is InChI=1S/C15H26N2O2S/c1-5-13-7-9-14(10-8-13)15(6-2)16-11-12-20(18,19)17(3)4/h7-10,15-16H,5-6,11-12H2,1-4H3. The molecule has 0 spiro atoms. The van der Waals surface area contributed by atoms with Gasteiger partial charge in [-0.15, -0.1) is 0 Å². The smallest absolute Gasteiger partial charge is 0.214 e. The van der Waals surface area contributed by atoms with Crippen LogP contribution in [0, 0.1) is 0 Å². The van der Waals surface area contributed by atoms with Crippen molar-refractivity contribution < 1.29 is 8.42 Å². The van der Waals surface area contributed by atoms with Crippen molar-refractivity contribution in [3.05, 3.63) is 35.4 Å². The molecule has 4 nitrogen and oxygen atoms in total. The highest BCUT2D eigenvalue weighted by molar-refractivity contribution is 7.89. The molecule has 0 amide bonds. The second kappa shape index (κ2) is 7.76. The van der Waals surface area contributed by atoms with Gasteiger partial charge in [-0.1, -0.05) is 38.1 Å². The molecule has 114 valence electrons. The first-order valence-electron chi connectivity index (χ1n) is 7.13. The zero-order valence-corrected chi connectivity index (χ0v) is 13.7. The van der Waals surface area contributed by atoms with Gasteiger partial charge in [0, 0.05) is 26.7 Å². The predicted octanol–water partition coefficient (Wildman–Crippen LogP) is 2.18. The molecule has 0 aromatic heterocycles. The van der Waals surface area contributed by atoms with E-state index in [2.05, 4.69) is 43.4 Å². The number of hydrogen-bond donors (Lipinski definition) is 1. The van der Waals surface area contributed by atoms with Crippen molar-refractivity contribution in [2.75, 3.05) is 26.4 Å². The van der Waals surface area contributed by atoms with Gasteiger partial charge in [-0.2, -0.15) is 0 Å². The number of hydrogen-bond acceptors (Lipinski definition) is 3. The number of nitrogens with one attached hydrogen (secondary N) is 1. The highest BCUT2D eigenvalue weighted by Crippen LogP contribution is 2.17. The zero-order chi connectivity index (χ0) is 15.2. The van der Waals surface area contributed by atoms with Gasteiger partial charge in [0.15, 0.2) is 0 Å². The lowest BCUT2D eigenvalue weighted by molar-refractivity contribution is 0.503. The molecule has 0 saturated heterocycles. The average molecular weight is 298 g/mol. The fourth-order valence-corrected chi connectivity index (χ4v) is 2.77. The van der Waals surface area contributed by atoms with Crippen molar-refractivity contribution in [1.29, 1.82) is 0 Å². The first kappa shape index (κ1) is 17.1. The third-order valence-electron chi connectivity index (χ3n) is 3.51. The zero-order valence-electron chi connectivity index (χ0n) is 12.9. The molecule has 1 N–H and O–H groups in total. The van der Waals surface area contributed by atoms with Crippen LogP contribution in [0.2, 0.25) is 0 Å². The van der Waals surface area contributed by atoms with Crippen molar-refractivity contribution in [3.8, 4) is 0 Å². The minimum atomic E-state index is -3.12. The maximum atomic E-state index is 11.7. The van der Waals surface area contributed by atoms with Gasteiger partial charge in [-0.25, -0.2) is 12.7 Å². The van der Waals surface area contributed by atoms with Gasteiger partial charge < -0.3 is 5.32 Å². The van der Waals surface area contributed by atoms with Crippen LogP contribution in [0.25, 0.3) is 0 Å². The molecule has 0 radical (unpaired) electrons. The monoisotopic (exact) mass is 298 g/mol. The normalized spacial score (nSPS) is 13.7. The van der Waals surface area contributed by atoms with Gasteiger partial charge in [-0.05, 0) is 24.0 Å². The molecule has 1 aromatic carbocycles. The van der Waals surface area contributed by atoms with Crippen molar-refractivity contribution in [3.63, 3.8) is 0 Å². The van der Waals surface area contributed by atoms with Crippen LogP contribution in [0.1, 0.15) is 37.4 Å². The second-order valence-corrected chi connectivity index (χ2v) is 7.41. The lowest BCUT2D eigenvalue weighted by atomic mass is 10.0. The van der Waals surface area contributed by atoms with Crippen LogP contribution in [0.5, 0.6) is 0 Å². The van der Waals surface area contributed by atoms with E-state index in [1.165, 1.54) is 15.4 Å². The summed E-state index contributed by atoms with van der Waals surface area (Å²) in [6.45, 7) is 4.71. The largest absolute Gasteiger partial charge is 0.309 e. The van der Waals surface area contributed by atoms with Gasteiger partial charge in [0.25, 0.3) is 0 Å². The summed E-state index contributed by atoms with van der Waals surface area (Å²) in [6.07, 6.45) is 1.97. The second-order valence-electron chi connectivity index (χ2n) is 5.11. The van der Waals surface area contributed by atoms with E-state index in [1.807, 2.05) is 0 Å². The van der Waals surface area contributed by atoms with Crippen molar-refractivity contribution in [1.82, 2.24) is 9.62 Å². The Morgan fingerprint density at radius 1 is 1.15 bits per heavy atom. The molecular weight excluding hydrogens is 272 g/mol. The summed E-state index contributed by atoms with van der Waals surface area (Å²) in [4.78, 5) is 0. The third-order valence-corrected chi connectivity index (χ3v) is 5.34. The van der Waals surface area contributed by atoms with Crippen LogP contribution in [-0.2, 0) is 16.4 Å². The Kier molecular flexibility index (Phi) is 6.65. The Bertz CT molecular complexity index is 495. The topological polar surface area (TPSA) is 49.4 Å². The molecule has 0 bridgehead atoms. The fraction of sp³-hybridized carbons (Fsp3) is 0.600. The molecule has 1 unspecified atom stereocenters. The number of aryl methyl sites for hydroxylation is 1. The van der Waals surface area contributed by atoms with E-state index in [0.717, 1.165) is 12.8 Å². The summed E-state index contributed by atoms with van der Waals surface area (Å²) in [5.41, 5.74) is 2.53. The number of sulfonamides is 1. The summed E-state index contributed by atoms with van der Waals surface area (Å²) >= 11 is 0. The molecule has 0 saturated carbocycles. The van der Waals surface area contributed by atoms with Crippen LogP contribution in [-0.4, -0.2) is 39.1 Å². The van der Waals surface area contributed by atoms with Crippen molar-refractivity contribution in [2.24, 2.45) is 0 Å². The molecule has 0 aliphatic carbocycles. The highest BCUT2D eigenvalue weighted by atomic mass is 32.2. The van der Waals surface area contributed by atoms with Crippen molar-refractivity contribution in [2.45, 2.75) is 32.7 Å². The van der Waals surface area contributed by atoms with Crippen molar-refractivity contribution >= 4 is 10.0 Å². The molecule has 1 rings (SSSR count). The Balaban J connectivity index is 2.59. The molecular formula is C15H26N2O2S. The summed E-state index contributed by atoms with van der Waals surface area (Å²) in [7, 11) is 0.00706. The minimum absolute atomic E-state index is 0.129. The quantitative estimate of drug-likeness (QED) is 0.800. The number of nitrogens with zero attached hydrogens (tertiary/aromatic N) is 1. The van der Waals surface area contributed by atoms with Crippen LogP contribution < -0.4 is 5.32 Å². The Morgan fingerprint density at radius 3 is 2.20 bits per heavy atom. The van der Waals surface area contributed by atoms with Gasteiger partial charge in [0.2, 0.25) is 10.0 Å². The van der Waals surface area contributed by atoms with Gasteiger partial charge in [0.05, 0.1) is 5.75 Å². The third kappa shape index (κ3) is 4.89. The molecule has 0 aliphatic rings. The lowest BCUT2D eigenvalue weighted by Gasteiger charge is -2.19. The van der Waals surface area contributed by atoms with Crippen LogP contribution in [0.3, 0.4) is 0 Å². The maximum absolute atomic E-state index is 11.7. The van der Waals surface area contributed by atoms with Crippen LogP contribution in [0.15, 0.2) is 24.3 Å². The van der Waals surface area contributed by atoms with Gasteiger partial charge >= 0.3 is 0 Å².